The van der Waals surface area contributed by atoms with E-state index in [0.717, 1.165) is 38.5 Å². The predicted octanol–water partition coefficient (Wildman–Crippen LogP) is 17.3. The fourth-order valence-electron chi connectivity index (χ4n) is 9.46. The van der Waals surface area contributed by atoms with Crippen molar-refractivity contribution in [1.82, 2.24) is 14.1 Å². The Morgan fingerprint density at radius 3 is 1.86 bits per heavy atom. The van der Waals surface area contributed by atoms with Crippen LogP contribution in [-0.2, 0) is 31.9 Å². The normalized spacial score (nSPS) is 15.1. The quantitative estimate of drug-likeness (QED) is 0.107. The van der Waals surface area contributed by atoms with E-state index in [1.54, 1.807) is 39.5 Å². The van der Waals surface area contributed by atoms with Gasteiger partial charge in [-0.05, 0) is 89.9 Å². The molecule has 0 aliphatic heterocycles. The summed E-state index contributed by atoms with van der Waals surface area (Å²) in [5.74, 6) is 0.288. The number of fused-ring (bicyclic) bond motifs is 4. The van der Waals surface area contributed by atoms with E-state index >= 15 is 0 Å². The van der Waals surface area contributed by atoms with Gasteiger partial charge in [0.2, 0.25) is 0 Å². The van der Waals surface area contributed by atoms with E-state index in [-0.39, 0.29) is 59.8 Å². The maximum absolute atomic E-state index is 10.0. The van der Waals surface area contributed by atoms with Crippen molar-refractivity contribution < 1.29 is 45.4 Å². The number of hydrogen-bond donors (Lipinski definition) is 0. The monoisotopic (exact) mass is 1160 g/mol. The van der Waals surface area contributed by atoms with Crippen molar-refractivity contribution in [3.8, 4) is 62.1 Å². The standard InChI is InChI=1S/C68H62N4O.Pt/c1-45(66(2,3)4)57-42-64(69-43-59(57)48-31-33-49(34-32-48)67(5,6)7)72-60-38-35-50(68(8,9)10)39-58(60)56-37-36-53(41-63(56)72)73-52-26-19-25-51(40-52)70-44-71(62-30-18-17-29-61(62)70)65-54(46-21-13-11-14-22-46)27-20-28-55(65)47-23-15-12-16-24-47;/h11-39,42-43,45H,1-10H3;/q-2;/i11D,12D,13D,14D,15D,16D,21D,22D,23D,24D,45D;. The second-order valence-corrected chi connectivity index (χ2v) is 21.7. The molecule has 0 N–H and O–H groups in total. The van der Waals surface area contributed by atoms with Crippen LogP contribution in [0.1, 0.15) is 107 Å². The van der Waals surface area contributed by atoms with E-state index in [0.29, 0.717) is 39.6 Å². The van der Waals surface area contributed by atoms with Crippen molar-refractivity contribution >= 4 is 32.8 Å². The molecule has 11 rings (SSSR count). The zero-order valence-electron chi connectivity index (χ0n) is 54.1. The Morgan fingerprint density at radius 1 is 0.595 bits per heavy atom. The van der Waals surface area contributed by atoms with Gasteiger partial charge in [0.25, 0.3) is 6.33 Å². The zero-order chi connectivity index (χ0) is 60.4. The first-order valence-electron chi connectivity index (χ1n) is 30.1. The average Bonchev–Trinajstić information content (AvgIpc) is 1.78. The van der Waals surface area contributed by atoms with E-state index in [2.05, 4.69) is 134 Å². The summed E-state index contributed by atoms with van der Waals surface area (Å²) < 4.78 is 110. The van der Waals surface area contributed by atoms with Gasteiger partial charge in [-0.25, -0.2) is 4.98 Å². The van der Waals surface area contributed by atoms with Gasteiger partial charge in [0, 0.05) is 51.2 Å². The molecule has 3 heterocycles. The van der Waals surface area contributed by atoms with Crippen LogP contribution in [0.4, 0.5) is 0 Å². The number of ether oxygens (including phenoxy) is 1. The minimum absolute atomic E-state index is 0. The van der Waals surface area contributed by atoms with Crippen molar-refractivity contribution in [1.29, 1.82) is 0 Å². The first-order chi connectivity index (χ1) is 39.5. The van der Waals surface area contributed by atoms with Gasteiger partial charge in [0.05, 0.1) is 30.4 Å². The molecule has 0 aliphatic rings. The fraction of sp³-hybridized carbons (Fsp3) is 0.206. The van der Waals surface area contributed by atoms with Crippen LogP contribution in [0.5, 0.6) is 11.5 Å². The first kappa shape index (κ1) is 38.3. The summed E-state index contributed by atoms with van der Waals surface area (Å²) in [7, 11) is 0. The Labute approximate surface area is 466 Å². The summed E-state index contributed by atoms with van der Waals surface area (Å²) in [6.45, 7) is 21.4. The number of benzene rings is 8. The van der Waals surface area contributed by atoms with Crippen LogP contribution in [0.25, 0.3) is 83.4 Å². The molecule has 74 heavy (non-hydrogen) atoms. The molecule has 0 saturated carbocycles. The molecule has 5 nitrogen and oxygen atoms in total. The maximum atomic E-state index is 10.0. The second-order valence-electron chi connectivity index (χ2n) is 21.7. The molecule has 0 bridgehead atoms. The number of imidazole rings is 1. The van der Waals surface area contributed by atoms with Gasteiger partial charge >= 0.3 is 0 Å². The Morgan fingerprint density at radius 2 is 1.22 bits per heavy atom. The Bertz CT molecular complexity index is 4360. The third-order valence-electron chi connectivity index (χ3n) is 13.8. The molecule has 372 valence electrons. The van der Waals surface area contributed by atoms with Crippen molar-refractivity contribution in [3.63, 3.8) is 0 Å². The van der Waals surface area contributed by atoms with Gasteiger partial charge < -0.3 is 13.9 Å². The molecule has 8 aromatic carbocycles. The van der Waals surface area contributed by atoms with E-state index in [1.165, 1.54) is 5.56 Å². The van der Waals surface area contributed by atoms with E-state index in [1.807, 2.05) is 55.6 Å². The summed E-state index contributed by atoms with van der Waals surface area (Å²) >= 11 is 0. The minimum Gasteiger partial charge on any atom is -0.510 e. The van der Waals surface area contributed by atoms with Crippen LogP contribution >= 0.6 is 0 Å². The number of hydrogen-bond acceptors (Lipinski definition) is 2. The predicted molar refractivity (Wildman–Crippen MR) is 302 cm³/mol. The summed E-state index contributed by atoms with van der Waals surface area (Å²) in [6.07, 6.45) is 5.32. The van der Waals surface area contributed by atoms with Gasteiger partial charge in [-0.2, -0.15) is 18.2 Å². The molecule has 0 radical (unpaired) electrons. The minimum atomic E-state index is -1.05. The molecule has 0 aliphatic carbocycles. The van der Waals surface area contributed by atoms with Crippen LogP contribution in [0.15, 0.2) is 188 Å². The Balaban J connectivity index is 0.00000803. The second kappa shape index (κ2) is 19.5. The van der Waals surface area contributed by atoms with E-state index < -0.39 is 71.7 Å². The van der Waals surface area contributed by atoms with Gasteiger partial charge in [-0.15, -0.1) is 29.7 Å². The number of pyridine rings is 1. The van der Waals surface area contributed by atoms with Crippen molar-refractivity contribution in [3.05, 3.63) is 223 Å². The molecule has 6 heteroatoms. The number of rotatable bonds is 9. The third kappa shape index (κ3) is 9.44. The largest absolute Gasteiger partial charge is 0.510 e. The van der Waals surface area contributed by atoms with Gasteiger partial charge in [-0.1, -0.05) is 214 Å². The van der Waals surface area contributed by atoms with Gasteiger partial charge in [-0.3, -0.25) is 4.57 Å². The van der Waals surface area contributed by atoms with Gasteiger partial charge in [0.15, 0.2) is 0 Å². The molecule has 0 saturated heterocycles. The SMILES string of the molecule is [2H]c1c([2H])c([2H])c(-c2cccc(-c3c([2H])c([2H])c([2H])c([2H])c3[2H])c2-[n+]2[c-]n(-c3[c-]c(Oc4[c-]c5c(cc4)c4cc(C(C)(C)C)ccc4n5-c4cc(C([2H])(C)C(C)(C)C)c(-c5ccc(C(C)(C)C)cc5)cn4)ccc3)c3ccccc32)c([2H])c1[2H].[Pt]. The smallest absolute Gasteiger partial charge is 0.268 e. The molecular weight excluding hydrogens is 1080 g/mol. The summed E-state index contributed by atoms with van der Waals surface area (Å²) in [4.78, 5) is 5.21. The van der Waals surface area contributed by atoms with Gasteiger partial charge in [0.1, 0.15) is 5.82 Å². The molecule has 0 spiro atoms. The van der Waals surface area contributed by atoms with Crippen molar-refractivity contribution in [2.75, 3.05) is 0 Å². The maximum Gasteiger partial charge on any atom is 0.268 e. The molecular formula is C68H62N4OPt-2. The molecule has 0 fully saturated rings. The van der Waals surface area contributed by atoms with Crippen molar-refractivity contribution in [2.45, 2.75) is 86.0 Å². The zero-order valence-corrected chi connectivity index (χ0v) is 45.4. The van der Waals surface area contributed by atoms with Crippen molar-refractivity contribution in [2.24, 2.45) is 5.41 Å². The number of aromatic nitrogens is 4. The Kier molecular flexibility index (Phi) is 10.1. The summed E-state index contributed by atoms with van der Waals surface area (Å²) in [5.41, 5.74) is 7.76. The topological polar surface area (TPSA) is 35.9 Å². The molecule has 1 unspecified atom stereocenters. The summed E-state index contributed by atoms with van der Waals surface area (Å²) in [6, 6.07) is 40.2. The van der Waals surface area contributed by atoms with Crippen LogP contribution in [-0.4, -0.2) is 14.1 Å². The van der Waals surface area contributed by atoms with E-state index in [4.69, 9.17) is 23.4 Å². The number of nitrogens with zero attached hydrogens (tertiary/aromatic N) is 4. The fourth-order valence-corrected chi connectivity index (χ4v) is 9.46. The number of para-hydroxylation sites is 3. The Hall–Kier alpha value is -7.33. The van der Waals surface area contributed by atoms with Crippen LogP contribution in [0.2, 0.25) is 0 Å². The first-order valence-corrected chi connectivity index (χ1v) is 24.6. The van der Waals surface area contributed by atoms with Crippen LogP contribution in [0, 0.1) is 23.9 Å². The molecule has 0 amide bonds. The van der Waals surface area contributed by atoms with Crippen LogP contribution in [0.3, 0.4) is 0 Å². The molecule has 3 aromatic heterocycles. The van der Waals surface area contributed by atoms with E-state index in [9.17, 15) is 1.37 Å². The third-order valence-corrected chi connectivity index (χ3v) is 13.8. The average molecular weight is 1160 g/mol. The molecule has 11 aromatic rings. The van der Waals surface area contributed by atoms with Crippen LogP contribution < -0.4 is 9.30 Å². The summed E-state index contributed by atoms with van der Waals surface area (Å²) in [5, 5.41) is 1.94. The molecule has 1 atom stereocenters.